The van der Waals surface area contributed by atoms with Gasteiger partial charge in [-0.3, -0.25) is 5.32 Å². The summed E-state index contributed by atoms with van der Waals surface area (Å²) in [6.07, 6.45) is 0.348. The Bertz CT molecular complexity index is 657. The van der Waals surface area contributed by atoms with Gasteiger partial charge < -0.3 is 10.1 Å². The first-order valence-corrected chi connectivity index (χ1v) is 7.61. The molecule has 0 radical (unpaired) electrons. The average molecular weight is 316 g/mol. The molecule has 0 saturated heterocycles. The van der Waals surface area contributed by atoms with Crippen molar-refractivity contribution in [3.63, 3.8) is 0 Å². The number of hydrogen-bond acceptors (Lipinski definition) is 3. The quantitative estimate of drug-likeness (QED) is 0.812. The summed E-state index contributed by atoms with van der Waals surface area (Å²) >= 11 is 0. The molecule has 0 saturated carbocycles. The number of aryl methyl sites for hydroxylation is 1. The van der Waals surface area contributed by atoms with Gasteiger partial charge in [0, 0.05) is 17.9 Å². The predicted molar refractivity (Wildman–Crippen MR) is 90.2 cm³/mol. The van der Waals surface area contributed by atoms with Crippen molar-refractivity contribution in [1.29, 1.82) is 0 Å². The van der Waals surface area contributed by atoms with Crippen LogP contribution < -0.4 is 10.6 Å². The molecule has 1 amide bonds. The zero-order valence-corrected chi connectivity index (χ0v) is 13.4. The fourth-order valence-corrected chi connectivity index (χ4v) is 2.06. The third-order valence-corrected chi connectivity index (χ3v) is 3.31. The van der Waals surface area contributed by atoms with Crippen LogP contribution in [-0.4, -0.2) is 12.7 Å². The van der Waals surface area contributed by atoms with Gasteiger partial charge in [0.1, 0.15) is 5.82 Å². The van der Waals surface area contributed by atoms with Gasteiger partial charge in [0.15, 0.2) is 0 Å². The minimum Gasteiger partial charge on any atom is -0.449 e. The van der Waals surface area contributed by atoms with E-state index >= 15 is 0 Å². The molecular formula is C18H21FN2O2. The maximum atomic E-state index is 12.9. The number of carbonyl (C=O) groups excluding carboxylic acids is 1. The molecule has 4 nitrogen and oxygen atoms in total. The van der Waals surface area contributed by atoms with Crippen molar-refractivity contribution in [3.05, 3.63) is 59.4 Å². The molecule has 2 aromatic rings. The SMILES string of the molecule is CCCOC(=O)Nc1ccc(NCc2ccc(F)cc2)cc1C. The van der Waals surface area contributed by atoms with E-state index in [4.69, 9.17) is 4.74 Å². The van der Waals surface area contributed by atoms with Crippen LogP contribution >= 0.6 is 0 Å². The molecule has 2 rings (SSSR count). The molecule has 0 aliphatic rings. The molecule has 0 aromatic heterocycles. The summed E-state index contributed by atoms with van der Waals surface area (Å²) in [5.41, 5.74) is 3.58. The highest BCUT2D eigenvalue weighted by atomic mass is 19.1. The van der Waals surface area contributed by atoms with Crippen LogP contribution in [0.25, 0.3) is 0 Å². The molecule has 5 heteroatoms. The van der Waals surface area contributed by atoms with Crippen LogP contribution in [0.5, 0.6) is 0 Å². The highest BCUT2D eigenvalue weighted by molar-refractivity contribution is 5.86. The molecule has 2 N–H and O–H groups in total. The maximum absolute atomic E-state index is 12.9. The molecule has 0 spiro atoms. The fourth-order valence-electron chi connectivity index (χ4n) is 2.06. The predicted octanol–water partition coefficient (Wildman–Crippen LogP) is 4.70. The molecule has 23 heavy (non-hydrogen) atoms. The van der Waals surface area contributed by atoms with E-state index in [1.807, 2.05) is 32.0 Å². The number of rotatable bonds is 6. The Labute approximate surface area is 135 Å². The maximum Gasteiger partial charge on any atom is 0.411 e. The van der Waals surface area contributed by atoms with Crippen molar-refractivity contribution >= 4 is 17.5 Å². The minimum atomic E-state index is -0.443. The van der Waals surface area contributed by atoms with Crippen molar-refractivity contribution in [3.8, 4) is 0 Å². The zero-order chi connectivity index (χ0) is 16.7. The van der Waals surface area contributed by atoms with Crippen molar-refractivity contribution in [1.82, 2.24) is 0 Å². The van der Waals surface area contributed by atoms with E-state index in [9.17, 15) is 9.18 Å². The summed E-state index contributed by atoms with van der Waals surface area (Å²) in [4.78, 5) is 11.6. The van der Waals surface area contributed by atoms with Crippen molar-refractivity contribution < 1.29 is 13.9 Å². The monoisotopic (exact) mass is 316 g/mol. The zero-order valence-electron chi connectivity index (χ0n) is 13.4. The Balaban J connectivity index is 1.93. The number of nitrogens with one attached hydrogen (secondary N) is 2. The molecule has 0 heterocycles. The summed E-state index contributed by atoms with van der Waals surface area (Å²) in [6, 6.07) is 12.0. The van der Waals surface area contributed by atoms with Gasteiger partial charge in [-0.25, -0.2) is 9.18 Å². The smallest absolute Gasteiger partial charge is 0.411 e. The number of benzene rings is 2. The average Bonchev–Trinajstić information content (AvgIpc) is 2.54. The number of hydrogen-bond donors (Lipinski definition) is 2. The number of anilines is 2. The van der Waals surface area contributed by atoms with Gasteiger partial charge in [-0.15, -0.1) is 0 Å². The first-order valence-electron chi connectivity index (χ1n) is 7.61. The summed E-state index contributed by atoms with van der Waals surface area (Å²) in [7, 11) is 0. The second kappa shape index (κ2) is 8.17. The third-order valence-electron chi connectivity index (χ3n) is 3.31. The largest absolute Gasteiger partial charge is 0.449 e. The number of ether oxygens (including phenoxy) is 1. The van der Waals surface area contributed by atoms with Crippen LogP contribution in [0.1, 0.15) is 24.5 Å². The molecule has 2 aromatic carbocycles. The van der Waals surface area contributed by atoms with Gasteiger partial charge in [-0.05, 0) is 54.8 Å². The number of halogens is 1. The molecule has 0 unspecified atom stereocenters. The van der Waals surface area contributed by atoms with Crippen LogP contribution in [0.2, 0.25) is 0 Å². The van der Waals surface area contributed by atoms with Gasteiger partial charge in [0.05, 0.1) is 6.61 Å². The third kappa shape index (κ3) is 5.29. The van der Waals surface area contributed by atoms with Crippen molar-refractivity contribution in [2.45, 2.75) is 26.8 Å². The van der Waals surface area contributed by atoms with E-state index < -0.39 is 6.09 Å². The minimum absolute atomic E-state index is 0.241. The number of amides is 1. The normalized spacial score (nSPS) is 10.2. The van der Waals surface area contributed by atoms with Crippen LogP contribution in [0, 0.1) is 12.7 Å². The molecular weight excluding hydrogens is 295 g/mol. The Kier molecular flexibility index (Phi) is 5.97. The Morgan fingerprint density at radius 3 is 2.57 bits per heavy atom. The summed E-state index contributed by atoms with van der Waals surface area (Å²) in [5.74, 6) is -0.241. The van der Waals surface area contributed by atoms with E-state index in [-0.39, 0.29) is 5.82 Å². The van der Waals surface area contributed by atoms with Crippen LogP contribution in [0.15, 0.2) is 42.5 Å². The molecule has 122 valence electrons. The lowest BCUT2D eigenvalue weighted by atomic mass is 10.1. The van der Waals surface area contributed by atoms with E-state index in [1.165, 1.54) is 12.1 Å². The van der Waals surface area contributed by atoms with E-state index in [0.717, 1.165) is 28.9 Å². The van der Waals surface area contributed by atoms with Gasteiger partial charge >= 0.3 is 6.09 Å². The molecule has 0 aliphatic heterocycles. The highest BCUT2D eigenvalue weighted by Crippen LogP contribution is 2.20. The van der Waals surface area contributed by atoms with Gasteiger partial charge in [-0.1, -0.05) is 19.1 Å². The van der Waals surface area contributed by atoms with Gasteiger partial charge in [-0.2, -0.15) is 0 Å². The summed E-state index contributed by atoms with van der Waals surface area (Å²) in [6.45, 7) is 4.87. The second-order valence-corrected chi connectivity index (χ2v) is 5.27. The molecule has 0 bridgehead atoms. The van der Waals surface area contributed by atoms with E-state index in [0.29, 0.717) is 13.2 Å². The summed E-state index contributed by atoms with van der Waals surface area (Å²) < 4.78 is 17.9. The molecule has 0 atom stereocenters. The lowest BCUT2D eigenvalue weighted by molar-refractivity contribution is 0.161. The number of carbonyl (C=O) groups is 1. The van der Waals surface area contributed by atoms with Crippen molar-refractivity contribution in [2.75, 3.05) is 17.2 Å². The van der Waals surface area contributed by atoms with Gasteiger partial charge in [0.25, 0.3) is 0 Å². The Morgan fingerprint density at radius 1 is 1.17 bits per heavy atom. The first-order chi connectivity index (χ1) is 11.1. The topological polar surface area (TPSA) is 50.4 Å². The highest BCUT2D eigenvalue weighted by Gasteiger charge is 2.06. The second-order valence-electron chi connectivity index (χ2n) is 5.27. The standard InChI is InChI=1S/C18H21FN2O2/c1-3-10-23-18(22)21-17-9-8-16(11-13(17)2)20-12-14-4-6-15(19)7-5-14/h4-9,11,20H,3,10,12H2,1-2H3,(H,21,22). The van der Waals surface area contributed by atoms with Crippen LogP contribution in [0.4, 0.5) is 20.6 Å². The lowest BCUT2D eigenvalue weighted by Gasteiger charge is -2.12. The molecule has 0 aliphatic carbocycles. The lowest BCUT2D eigenvalue weighted by Crippen LogP contribution is -2.14. The van der Waals surface area contributed by atoms with Crippen LogP contribution in [-0.2, 0) is 11.3 Å². The molecule has 0 fully saturated rings. The van der Waals surface area contributed by atoms with Crippen molar-refractivity contribution in [2.24, 2.45) is 0 Å². The Morgan fingerprint density at radius 2 is 1.91 bits per heavy atom. The van der Waals surface area contributed by atoms with Crippen LogP contribution in [0.3, 0.4) is 0 Å². The fraction of sp³-hybridized carbons (Fsp3) is 0.278. The van der Waals surface area contributed by atoms with Gasteiger partial charge in [0.2, 0.25) is 0 Å². The Hall–Kier alpha value is -2.56. The van der Waals surface area contributed by atoms with E-state index in [1.54, 1.807) is 12.1 Å². The summed E-state index contributed by atoms with van der Waals surface area (Å²) in [5, 5.41) is 5.99. The van der Waals surface area contributed by atoms with E-state index in [2.05, 4.69) is 10.6 Å². The first kappa shape index (κ1) is 16.8.